The van der Waals surface area contributed by atoms with Gasteiger partial charge in [0.2, 0.25) is 5.91 Å². The van der Waals surface area contributed by atoms with Crippen LogP contribution in [-0.2, 0) is 4.79 Å². The molecule has 3 aromatic rings. The third-order valence-corrected chi connectivity index (χ3v) is 7.44. The molecule has 174 valence electrons. The highest BCUT2D eigenvalue weighted by Crippen LogP contribution is 2.50. The van der Waals surface area contributed by atoms with Crippen molar-refractivity contribution in [3.05, 3.63) is 87.4 Å². The average molecular weight is 536 g/mol. The van der Waals surface area contributed by atoms with Crippen LogP contribution in [0.2, 0.25) is 0 Å². The van der Waals surface area contributed by atoms with Crippen LogP contribution in [0.4, 0.5) is 11.4 Å². The quantitative estimate of drug-likeness (QED) is 0.392. The van der Waals surface area contributed by atoms with Crippen LogP contribution in [0.3, 0.4) is 0 Å². The van der Waals surface area contributed by atoms with Crippen molar-refractivity contribution in [2.24, 2.45) is 5.92 Å². The maximum atomic E-state index is 14.0. The average Bonchev–Trinajstić information content (AvgIpc) is 2.76. The van der Waals surface area contributed by atoms with Gasteiger partial charge in [-0.3, -0.25) is 9.69 Å². The van der Waals surface area contributed by atoms with E-state index in [0.717, 1.165) is 43.9 Å². The molecule has 1 saturated heterocycles. The van der Waals surface area contributed by atoms with E-state index in [0.29, 0.717) is 5.11 Å². The lowest BCUT2D eigenvalue weighted by Crippen LogP contribution is -2.72. The molecule has 0 aliphatic carbocycles. The first-order valence-electron chi connectivity index (χ1n) is 11.2. The maximum Gasteiger partial charge on any atom is 0.236 e. The number of nitrogens with one attached hydrogen (secondary N) is 2. The normalized spacial score (nSPS) is 23.0. The van der Waals surface area contributed by atoms with Crippen LogP contribution in [0.15, 0.2) is 65.1 Å². The van der Waals surface area contributed by atoms with Gasteiger partial charge in [0.05, 0.1) is 6.04 Å². The van der Waals surface area contributed by atoms with Gasteiger partial charge >= 0.3 is 0 Å². The second-order valence-electron chi connectivity index (χ2n) is 9.23. The molecule has 34 heavy (non-hydrogen) atoms. The minimum Gasteiger partial charge on any atom is -0.467 e. The van der Waals surface area contributed by atoms with Gasteiger partial charge in [0, 0.05) is 21.4 Å². The van der Waals surface area contributed by atoms with E-state index in [1.165, 1.54) is 0 Å². The van der Waals surface area contributed by atoms with Crippen molar-refractivity contribution in [1.82, 2.24) is 5.32 Å². The molecule has 7 heteroatoms. The van der Waals surface area contributed by atoms with Gasteiger partial charge in [0.1, 0.15) is 11.7 Å². The van der Waals surface area contributed by atoms with Gasteiger partial charge in [-0.1, -0.05) is 45.8 Å². The number of fused-ring (bicyclic) bond motifs is 4. The number of thiocarbonyl (C=S) groups is 1. The fourth-order valence-electron chi connectivity index (χ4n) is 5.07. The van der Waals surface area contributed by atoms with Crippen molar-refractivity contribution >= 4 is 50.5 Å². The first-order valence-corrected chi connectivity index (χ1v) is 12.4. The summed E-state index contributed by atoms with van der Waals surface area (Å²) in [5.74, 6) is 0.0267. The molecule has 3 aromatic carbocycles. The Bertz CT molecular complexity index is 1330. The Balaban J connectivity index is 1.63. The Morgan fingerprint density at radius 2 is 1.85 bits per heavy atom. The molecule has 5 nitrogen and oxygen atoms in total. The summed E-state index contributed by atoms with van der Waals surface area (Å²) in [6.45, 7) is 8.03. The number of rotatable bonds is 3. The maximum absolute atomic E-state index is 14.0. The predicted octanol–water partition coefficient (Wildman–Crippen LogP) is 6.17. The third kappa shape index (κ3) is 3.77. The molecule has 2 bridgehead atoms. The van der Waals surface area contributed by atoms with E-state index in [2.05, 4.69) is 38.7 Å². The van der Waals surface area contributed by atoms with Crippen molar-refractivity contribution in [3.8, 4) is 5.75 Å². The molecule has 2 heterocycles. The molecule has 0 spiro atoms. The summed E-state index contributed by atoms with van der Waals surface area (Å²) in [7, 11) is 0. The molecule has 2 aliphatic rings. The van der Waals surface area contributed by atoms with Crippen LogP contribution in [0, 0.1) is 26.7 Å². The highest BCUT2D eigenvalue weighted by molar-refractivity contribution is 9.10. The molecule has 1 amide bonds. The topological polar surface area (TPSA) is 53.6 Å². The highest BCUT2D eigenvalue weighted by Gasteiger charge is 2.59. The van der Waals surface area contributed by atoms with Gasteiger partial charge in [-0.15, -0.1) is 0 Å². The van der Waals surface area contributed by atoms with E-state index < -0.39 is 11.6 Å². The molecule has 2 N–H and O–H groups in total. The minimum atomic E-state index is -1.04. The lowest BCUT2D eigenvalue weighted by molar-refractivity contribution is -0.130. The van der Waals surface area contributed by atoms with Gasteiger partial charge in [-0.25, -0.2) is 0 Å². The van der Waals surface area contributed by atoms with Gasteiger partial charge < -0.3 is 15.4 Å². The molecule has 0 unspecified atom stereocenters. The smallest absolute Gasteiger partial charge is 0.236 e. The first kappa shape index (κ1) is 22.9. The number of hydrogen-bond acceptors (Lipinski definition) is 3. The number of benzene rings is 3. The summed E-state index contributed by atoms with van der Waals surface area (Å²) >= 11 is 9.40. The molecule has 2 aliphatic heterocycles. The number of carbonyl (C=O) groups excluding carboxylic acids is 1. The van der Waals surface area contributed by atoms with Crippen molar-refractivity contribution in [2.45, 2.75) is 39.5 Å². The number of halogens is 1. The van der Waals surface area contributed by atoms with Crippen LogP contribution in [0.1, 0.15) is 35.2 Å². The Kier molecular flexibility index (Phi) is 5.65. The molecular formula is C27H26BrN3O2S. The van der Waals surface area contributed by atoms with Crippen molar-refractivity contribution in [3.63, 3.8) is 0 Å². The summed E-state index contributed by atoms with van der Waals surface area (Å²) in [6, 6.07) is 19.6. The van der Waals surface area contributed by atoms with E-state index in [4.69, 9.17) is 17.0 Å². The summed E-state index contributed by atoms with van der Waals surface area (Å²) in [5, 5.41) is 7.15. The monoisotopic (exact) mass is 535 g/mol. The largest absolute Gasteiger partial charge is 0.467 e. The minimum absolute atomic E-state index is 0.127. The van der Waals surface area contributed by atoms with Crippen molar-refractivity contribution < 1.29 is 9.53 Å². The van der Waals surface area contributed by atoms with E-state index in [-0.39, 0.29) is 11.9 Å². The van der Waals surface area contributed by atoms with Crippen LogP contribution < -0.4 is 20.3 Å². The van der Waals surface area contributed by atoms with Crippen LogP contribution >= 0.6 is 28.1 Å². The summed E-state index contributed by atoms with van der Waals surface area (Å²) < 4.78 is 7.58. The van der Waals surface area contributed by atoms with E-state index in [9.17, 15) is 4.79 Å². The molecule has 3 atom stereocenters. The summed E-state index contributed by atoms with van der Waals surface area (Å²) in [5.41, 5.74) is 4.80. The summed E-state index contributed by atoms with van der Waals surface area (Å²) in [4.78, 5) is 15.9. The number of amides is 1. The molecule has 0 aromatic heterocycles. The van der Waals surface area contributed by atoms with Gasteiger partial charge in [-0.05, 0) is 87.4 Å². The number of anilines is 2. The predicted molar refractivity (Wildman–Crippen MR) is 143 cm³/mol. The van der Waals surface area contributed by atoms with Crippen LogP contribution in [0.25, 0.3) is 0 Å². The van der Waals surface area contributed by atoms with E-state index >= 15 is 0 Å². The highest BCUT2D eigenvalue weighted by atomic mass is 79.9. The lowest BCUT2D eigenvalue weighted by Gasteiger charge is -2.56. The Hall–Kier alpha value is -2.90. The van der Waals surface area contributed by atoms with Gasteiger partial charge in [-0.2, -0.15) is 0 Å². The first-order chi connectivity index (χ1) is 16.2. The zero-order valence-electron chi connectivity index (χ0n) is 19.5. The van der Waals surface area contributed by atoms with E-state index in [1.807, 2.05) is 81.1 Å². The number of aryl methyl sites for hydroxylation is 3. The number of ether oxygens (including phenoxy) is 1. The molecular weight excluding hydrogens is 510 g/mol. The summed E-state index contributed by atoms with van der Waals surface area (Å²) in [6.07, 6.45) is 0. The second-order valence-corrected chi connectivity index (χ2v) is 10.5. The third-order valence-electron chi connectivity index (χ3n) is 6.64. The molecule has 0 saturated carbocycles. The SMILES string of the molecule is Cc1cccc(N2C(=S)N[C@H]3c4cc(Br)ccc4O[C@@]2(C)[C@@H]3C(=O)Nc2ccc(C)cc2C)c1. The molecule has 5 rings (SSSR count). The fourth-order valence-corrected chi connectivity index (χ4v) is 5.87. The molecule has 1 fully saturated rings. The zero-order chi connectivity index (χ0) is 24.2. The van der Waals surface area contributed by atoms with Crippen molar-refractivity contribution in [1.29, 1.82) is 0 Å². The van der Waals surface area contributed by atoms with Crippen molar-refractivity contribution in [2.75, 3.05) is 10.2 Å². The van der Waals surface area contributed by atoms with Gasteiger partial charge in [0.25, 0.3) is 0 Å². The standard InChI is InChI=1S/C27H26BrN3O2S/c1-15-6-5-7-19(13-15)31-26(34)30-24-20-14-18(28)9-11-22(20)33-27(31,4)23(24)25(32)29-21-10-8-16(2)12-17(21)3/h5-14,23-24H,1-4H3,(H,29,32)(H,30,34)/t23-,24-,27-/m0/s1. The van der Waals surface area contributed by atoms with Crippen LogP contribution in [-0.4, -0.2) is 16.7 Å². The molecule has 0 radical (unpaired) electrons. The Labute approximate surface area is 213 Å². The van der Waals surface area contributed by atoms with Gasteiger partial charge in [0.15, 0.2) is 10.8 Å². The zero-order valence-corrected chi connectivity index (χ0v) is 21.9. The number of carbonyl (C=O) groups is 1. The van der Waals surface area contributed by atoms with Crippen LogP contribution in [0.5, 0.6) is 5.75 Å². The fraction of sp³-hybridized carbons (Fsp3) is 0.259. The number of hydrogen-bond donors (Lipinski definition) is 2. The second kappa shape index (κ2) is 8.40. The Morgan fingerprint density at radius 3 is 2.59 bits per heavy atom. The van der Waals surface area contributed by atoms with E-state index in [1.54, 1.807) is 0 Å². The Morgan fingerprint density at radius 1 is 1.09 bits per heavy atom. The lowest BCUT2D eigenvalue weighted by atomic mass is 9.78. The number of nitrogens with zero attached hydrogens (tertiary/aromatic N) is 1.